The summed E-state index contributed by atoms with van der Waals surface area (Å²) in [7, 11) is -4.05. The van der Waals surface area contributed by atoms with Crippen molar-refractivity contribution in [1.29, 1.82) is 0 Å². The monoisotopic (exact) mass is 390 g/mol. The van der Waals surface area contributed by atoms with Gasteiger partial charge < -0.3 is 5.73 Å². The van der Waals surface area contributed by atoms with Gasteiger partial charge in [-0.1, -0.05) is 0 Å². The van der Waals surface area contributed by atoms with Crippen LogP contribution in [0.3, 0.4) is 0 Å². The minimum Gasteiger partial charge on any atom is -0.327 e. The molecule has 1 fully saturated rings. The van der Waals surface area contributed by atoms with E-state index >= 15 is 0 Å². The van der Waals surface area contributed by atoms with Gasteiger partial charge in [-0.2, -0.15) is 4.31 Å². The van der Waals surface area contributed by atoms with Crippen molar-refractivity contribution < 1.29 is 17.2 Å². The summed E-state index contributed by atoms with van der Waals surface area (Å²) in [6.07, 6.45) is 1.34. The summed E-state index contributed by atoms with van der Waals surface area (Å²) < 4.78 is 52.7. The molecule has 1 unspecified atom stereocenters. The standard InChI is InChI=1S/C11H13BrF2N2O2S.ClH/c12-8-4-10(14)11(5-9(8)13)19(17,18)16-3-1-2-7(15)6-16;/h4-5,7H,1-3,6,15H2;1H. The quantitative estimate of drug-likeness (QED) is 0.787. The summed E-state index contributed by atoms with van der Waals surface area (Å²) in [6, 6.07) is 1.23. The second-order valence-electron chi connectivity index (χ2n) is 4.46. The lowest BCUT2D eigenvalue weighted by molar-refractivity contribution is 0.314. The molecule has 4 nitrogen and oxygen atoms in total. The lowest BCUT2D eigenvalue weighted by atomic mass is 10.1. The number of nitrogens with zero attached hydrogens (tertiary/aromatic N) is 1. The molecule has 0 radical (unpaired) electrons. The molecule has 0 aliphatic carbocycles. The molecule has 1 aliphatic rings. The smallest absolute Gasteiger partial charge is 0.246 e. The number of rotatable bonds is 2. The molecule has 114 valence electrons. The number of nitrogens with two attached hydrogens (primary N) is 1. The van der Waals surface area contributed by atoms with Crippen LogP contribution in [0.5, 0.6) is 0 Å². The highest BCUT2D eigenvalue weighted by molar-refractivity contribution is 9.10. The molecular weight excluding hydrogens is 378 g/mol. The first kappa shape index (κ1) is 17.8. The highest BCUT2D eigenvalue weighted by Crippen LogP contribution is 2.27. The number of piperidine rings is 1. The van der Waals surface area contributed by atoms with Gasteiger partial charge in [-0.05, 0) is 40.9 Å². The van der Waals surface area contributed by atoms with Crippen LogP contribution in [0, 0.1) is 11.6 Å². The third-order valence-corrected chi connectivity index (χ3v) is 5.50. The topological polar surface area (TPSA) is 63.4 Å². The van der Waals surface area contributed by atoms with Crippen LogP contribution in [0.25, 0.3) is 0 Å². The Morgan fingerprint density at radius 1 is 1.30 bits per heavy atom. The summed E-state index contributed by atoms with van der Waals surface area (Å²) >= 11 is 2.81. The Morgan fingerprint density at radius 2 is 1.95 bits per heavy atom. The third kappa shape index (κ3) is 3.48. The van der Waals surface area contributed by atoms with Gasteiger partial charge in [0.15, 0.2) is 0 Å². The molecule has 20 heavy (non-hydrogen) atoms. The Kier molecular flexibility index (Phi) is 5.91. The van der Waals surface area contributed by atoms with E-state index in [4.69, 9.17) is 5.73 Å². The SMILES string of the molecule is Cl.NC1CCCN(S(=O)(=O)c2cc(F)c(Br)cc2F)C1. The van der Waals surface area contributed by atoms with Crippen LogP contribution >= 0.6 is 28.3 Å². The van der Waals surface area contributed by atoms with Crippen molar-refractivity contribution in [3.8, 4) is 0 Å². The van der Waals surface area contributed by atoms with Gasteiger partial charge in [0.05, 0.1) is 4.47 Å². The molecule has 2 rings (SSSR count). The number of halogens is 4. The van der Waals surface area contributed by atoms with Crippen LogP contribution in [0.1, 0.15) is 12.8 Å². The van der Waals surface area contributed by atoms with Crippen LogP contribution in [-0.2, 0) is 10.0 Å². The minimum atomic E-state index is -4.05. The maximum atomic E-state index is 13.7. The van der Waals surface area contributed by atoms with Crippen molar-refractivity contribution in [2.45, 2.75) is 23.8 Å². The van der Waals surface area contributed by atoms with E-state index in [2.05, 4.69) is 15.9 Å². The zero-order valence-corrected chi connectivity index (χ0v) is 13.6. The molecule has 9 heteroatoms. The maximum Gasteiger partial charge on any atom is 0.246 e. The molecule has 0 saturated carbocycles. The predicted molar refractivity (Wildman–Crippen MR) is 77.3 cm³/mol. The lowest BCUT2D eigenvalue weighted by Gasteiger charge is -2.29. The summed E-state index contributed by atoms with van der Waals surface area (Å²) in [5, 5.41) is 0. The zero-order valence-electron chi connectivity index (χ0n) is 10.4. The molecule has 1 aromatic carbocycles. The molecule has 0 bridgehead atoms. The van der Waals surface area contributed by atoms with Crippen molar-refractivity contribution in [3.05, 3.63) is 28.2 Å². The fourth-order valence-electron chi connectivity index (χ4n) is 2.03. The first-order valence-electron chi connectivity index (χ1n) is 5.72. The van der Waals surface area contributed by atoms with E-state index < -0.39 is 26.6 Å². The van der Waals surface area contributed by atoms with Crippen LogP contribution < -0.4 is 5.73 Å². The van der Waals surface area contributed by atoms with Gasteiger partial charge in [0.25, 0.3) is 0 Å². The van der Waals surface area contributed by atoms with Crippen LogP contribution in [0.15, 0.2) is 21.5 Å². The predicted octanol–water partition coefficient (Wildman–Crippen LogP) is 2.26. The van der Waals surface area contributed by atoms with E-state index in [0.717, 1.165) is 16.8 Å². The van der Waals surface area contributed by atoms with E-state index in [0.29, 0.717) is 12.5 Å². The molecule has 0 aromatic heterocycles. The van der Waals surface area contributed by atoms with Crippen LogP contribution in [0.2, 0.25) is 0 Å². The molecule has 1 heterocycles. The second-order valence-corrected chi connectivity index (χ2v) is 7.22. The fourth-order valence-corrected chi connectivity index (χ4v) is 3.94. The van der Waals surface area contributed by atoms with Crippen molar-refractivity contribution in [2.75, 3.05) is 13.1 Å². The van der Waals surface area contributed by atoms with Gasteiger partial charge in [0, 0.05) is 19.1 Å². The number of hydrogen-bond donors (Lipinski definition) is 1. The van der Waals surface area contributed by atoms with E-state index in [1.165, 1.54) is 0 Å². The Balaban J connectivity index is 0.00000200. The Labute approximate surface area is 130 Å². The Hall–Kier alpha value is -0.280. The van der Waals surface area contributed by atoms with E-state index in [9.17, 15) is 17.2 Å². The van der Waals surface area contributed by atoms with Crippen LogP contribution in [-0.4, -0.2) is 31.9 Å². The summed E-state index contributed by atoms with van der Waals surface area (Å²) in [5.41, 5.74) is 5.71. The van der Waals surface area contributed by atoms with Gasteiger partial charge in [0.2, 0.25) is 10.0 Å². The highest BCUT2D eigenvalue weighted by Gasteiger charge is 2.31. The average Bonchev–Trinajstić information content (AvgIpc) is 2.33. The largest absolute Gasteiger partial charge is 0.327 e. The number of benzene rings is 1. The lowest BCUT2D eigenvalue weighted by Crippen LogP contribution is -2.45. The molecular formula is C11H14BrClF2N2O2S. The first-order chi connectivity index (χ1) is 8.82. The van der Waals surface area contributed by atoms with Gasteiger partial charge >= 0.3 is 0 Å². The van der Waals surface area contributed by atoms with E-state index in [-0.39, 0.29) is 36.0 Å². The van der Waals surface area contributed by atoms with E-state index in [1.807, 2.05) is 0 Å². The molecule has 1 aliphatic heterocycles. The van der Waals surface area contributed by atoms with Gasteiger partial charge in [-0.25, -0.2) is 17.2 Å². The summed E-state index contributed by atoms with van der Waals surface area (Å²) in [5.74, 6) is -1.80. The number of hydrogen-bond acceptors (Lipinski definition) is 3. The number of sulfonamides is 1. The normalized spacial score (nSPS) is 20.5. The molecule has 1 aromatic rings. The zero-order chi connectivity index (χ0) is 14.2. The summed E-state index contributed by atoms with van der Waals surface area (Å²) in [6.45, 7) is 0.395. The molecule has 2 N–H and O–H groups in total. The molecule has 0 amide bonds. The molecule has 1 saturated heterocycles. The third-order valence-electron chi connectivity index (χ3n) is 3.01. The highest BCUT2D eigenvalue weighted by atomic mass is 79.9. The van der Waals surface area contributed by atoms with Crippen molar-refractivity contribution in [1.82, 2.24) is 4.31 Å². The first-order valence-corrected chi connectivity index (χ1v) is 7.96. The maximum absolute atomic E-state index is 13.7. The molecule has 0 spiro atoms. The molecule has 1 atom stereocenters. The van der Waals surface area contributed by atoms with Crippen LogP contribution in [0.4, 0.5) is 8.78 Å². The Bertz CT molecular complexity index is 600. The average molecular weight is 392 g/mol. The van der Waals surface area contributed by atoms with Gasteiger partial charge in [-0.3, -0.25) is 0 Å². The summed E-state index contributed by atoms with van der Waals surface area (Å²) in [4.78, 5) is -0.651. The van der Waals surface area contributed by atoms with Crippen molar-refractivity contribution in [2.24, 2.45) is 5.73 Å². The fraction of sp³-hybridized carbons (Fsp3) is 0.455. The van der Waals surface area contributed by atoms with Gasteiger partial charge in [0.1, 0.15) is 16.5 Å². The van der Waals surface area contributed by atoms with Crippen molar-refractivity contribution >= 4 is 38.4 Å². The van der Waals surface area contributed by atoms with E-state index in [1.54, 1.807) is 0 Å². The second kappa shape index (κ2) is 6.65. The van der Waals surface area contributed by atoms with Crippen molar-refractivity contribution in [3.63, 3.8) is 0 Å². The Morgan fingerprint density at radius 3 is 2.55 bits per heavy atom. The van der Waals surface area contributed by atoms with Gasteiger partial charge in [-0.15, -0.1) is 12.4 Å². The minimum absolute atomic E-state index is 0.